The van der Waals surface area contributed by atoms with Crippen molar-refractivity contribution in [1.29, 1.82) is 0 Å². The van der Waals surface area contributed by atoms with Crippen molar-refractivity contribution < 1.29 is 4.79 Å². The maximum absolute atomic E-state index is 12.2. The number of rotatable bonds is 5. The van der Waals surface area contributed by atoms with Gasteiger partial charge in [0.25, 0.3) is 5.91 Å². The Balaban J connectivity index is 1.65. The molecule has 3 aromatic rings. The van der Waals surface area contributed by atoms with Crippen LogP contribution in [0, 0.1) is 0 Å². The van der Waals surface area contributed by atoms with Crippen LogP contribution in [0.15, 0.2) is 72.9 Å². The number of aromatic nitrogens is 1. The standard InChI is InChI=1S/C20H19N3O/c21-19-18(10-5-11-22-19)20(24)23-14-17-9-4-8-16(13-17)12-15-6-2-1-3-7-15/h1-11,13H,12,14H2,(H2,21,22)(H,23,24). The van der Waals surface area contributed by atoms with Crippen LogP contribution in [0.5, 0.6) is 0 Å². The second-order valence-electron chi connectivity index (χ2n) is 5.60. The third-order valence-corrected chi connectivity index (χ3v) is 3.78. The van der Waals surface area contributed by atoms with Gasteiger partial charge < -0.3 is 11.1 Å². The number of amides is 1. The third kappa shape index (κ3) is 3.98. The molecule has 1 amide bonds. The summed E-state index contributed by atoms with van der Waals surface area (Å²) < 4.78 is 0. The van der Waals surface area contributed by atoms with E-state index >= 15 is 0 Å². The molecule has 0 saturated carbocycles. The Bertz CT molecular complexity index is 831. The molecule has 2 aromatic carbocycles. The zero-order valence-electron chi connectivity index (χ0n) is 13.3. The first-order valence-electron chi connectivity index (χ1n) is 7.83. The molecule has 0 radical (unpaired) electrons. The second-order valence-corrected chi connectivity index (χ2v) is 5.60. The van der Waals surface area contributed by atoms with E-state index in [0.717, 1.165) is 12.0 Å². The lowest BCUT2D eigenvalue weighted by Crippen LogP contribution is -2.24. The van der Waals surface area contributed by atoms with Gasteiger partial charge in [-0.2, -0.15) is 0 Å². The van der Waals surface area contributed by atoms with Crippen molar-refractivity contribution >= 4 is 11.7 Å². The maximum atomic E-state index is 12.2. The van der Waals surface area contributed by atoms with E-state index in [1.165, 1.54) is 11.1 Å². The summed E-state index contributed by atoms with van der Waals surface area (Å²) in [6.45, 7) is 0.454. The number of anilines is 1. The molecule has 3 N–H and O–H groups in total. The number of carbonyl (C=O) groups is 1. The summed E-state index contributed by atoms with van der Waals surface area (Å²) in [5.74, 6) is 0.0295. The molecule has 120 valence electrons. The van der Waals surface area contributed by atoms with Crippen LogP contribution in [0.4, 0.5) is 5.82 Å². The van der Waals surface area contributed by atoms with Gasteiger partial charge in [0.1, 0.15) is 5.82 Å². The highest BCUT2D eigenvalue weighted by atomic mass is 16.1. The maximum Gasteiger partial charge on any atom is 0.255 e. The number of benzene rings is 2. The average molecular weight is 317 g/mol. The minimum atomic E-state index is -0.214. The summed E-state index contributed by atoms with van der Waals surface area (Å²) in [4.78, 5) is 16.1. The summed E-state index contributed by atoms with van der Waals surface area (Å²) in [7, 11) is 0. The van der Waals surface area contributed by atoms with E-state index in [2.05, 4.69) is 34.6 Å². The molecule has 0 spiro atoms. The summed E-state index contributed by atoms with van der Waals surface area (Å²) in [5, 5.41) is 2.89. The number of nitrogens with zero attached hydrogens (tertiary/aromatic N) is 1. The number of carbonyl (C=O) groups excluding carboxylic acids is 1. The van der Waals surface area contributed by atoms with Crippen LogP contribution >= 0.6 is 0 Å². The molecule has 0 unspecified atom stereocenters. The Hall–Kier alpha value is -3.14. The molecule has 1 heterocycles. The number of pyridine rings is 1. The van der Waals surface area contributed by atoms with Gasteiger partial charge in [-0.15, -0.1) is 0 Å². The van der Waals surface area contributed by atoms with Crippen LogP contribution in [0.25, 0.3) is 0 Å². The molecular weight excluding hydrogens is 298 g/mol. The summed E-state index contributed by atoms with van der Waals surface area (Å²) in [5.41, 5.74) is 9.67. The van der Waals surface area contributed by atoms with E-state index < -0.39 is 0 Å². The molecule has 0 atom stereocenters. The number of nitrogens with two attached hydrogens (primary N) is 1. The second kappa shape index (κ2) is 7.42. The van der Waals surface area contributed by atoms with Crippen molar-refractivity contribution in [3.8, 4) is 0 Å². The van der Waals surface area contributed by atoms with E-state index in [1.54, 1.807) is 18.3 Å². The lowest BCUT2D eigenvalue weighted by atomic mass is 10.0. The molecule has 0 saturated heterocycles. The molecule has 0 aliphatic heterocycles. The molecule has 0 bridgehead atoms. The Kier molecular flexibility index (Phi) is 4.87. The van der Waals surface area contributed by atoms with Gasteiger partial charge in [-0.1, -0.05) is 54.6 Å². The fourth-order valence-electron chi connectivity index (χ4n) is 2.57. The highest BCUT2D eigenvalue weighted by molar-refractivity contribution is 5.98. The number of nitrogen functional groups attached to an aromatic ring is 1. The summed E-state index contributed by atoms with van der Waals surface area (Å²) >= 11 is 0. The Morgan fingerprint density at radius 3 is 2.46 bits per heavy atom. The molecule has 0 aliphatic rings. The monoisotopic (exact) mass is 317 g/mol. The number of nitrogens with one attached hydrogen (secondary N) is 1. The minimum Gasteiger partial charge on any atom is -0.383 e. The van der Waals surface area contributed by atoms with E-state index in [1.807, 2.05) is 30.3 Å². The predicted octanol–water partition coefficient (Wildman–Crippen LogP) is 3.18. The van der Waals surface area contributed by atoms with Crippen molar-refractivity contribution in [2.45, 2.75) is 13.0 Å². The molecule has 4 nitrogen and oxygen atoms in total. The van der Waals surface area contributed by atoms with Crippen molar-refractivity contribution in [1.82, 2.24) is 10.3 Å². The van der Waals surface area contributed by atoms with Gasteiger partial charge >= 0.3 is 0 Å². The first-order chi connectivity index (χ1) is 11.7. The molecule has 24 heavy (non-hydrogen) atoms. The lowest BCUT2D eigenvalue weighted by Gasteiger charge is -2.08. The minimum absolute atomic E-state index is 0.214. The molecular formula is C20H19N3O. The first-order valence-corrected chi connectivity index (χ1v) is 7.83. The average Bonchev–Trinajstić information content (AvgIpc) is 2.61. The van der Waals surface area contributed by atoms with Gasteiger partial charge in [-0.25, -0.2) is 4.98 Å². The lowest BCUT2D eigenvalue weighted by molar-refractivity contribution is 0.0951. The fraction of sp³-hybridized carbons (Fsp3) is 0.100. The first kappa shape index (κ1) is 15.7. The Labute approximate surface area is 141 Å². The largest absolute Gasteiger partial charge is 0.383 e. The number of hydrogen-bond acceptors (Lipinski definition) is 3. The van der Waals surface area contributed by atoms with E-state index in [0.29, 0.717) is 12.1 Å². The van der Waals surface area contributed by atoms with Crippen LogP contribution in [-0.4, -0.2) is 10.9 Å². The molecule has 0 aliphatic carbocycles. The van der Waals surface area contributed by atoms with Gasteiger partial charge in [0.15, 0.2) is 0 Å². The van der Waals surface area contributed by atoms with Crippen molar-refractivity contribution in [3.63, 3.8) is 0 Å². The quantitative estimate of drug-likeness (QED) is 0.759. The Morgan fingerprint density at radius 2 is 1.67 bits per heavy atom. The summed E-state index contributed by atoms with van der Waals surface area (Å²) in [6, 6.07) is 21.9. The highest BCUT2D eigenvalue weighted by Gasteiger charge is 2.09. The van der Waals surface area contributed by atoms with Crippen LogP contribution in [0.2, 0.25) is 0 Å². The van der Waals surface area contributed by atoms with Gasteiger partial charge in [0, 0.05) is 12.7 Å². The molecule has 0 fully saturated rings. The van der Waals surface area contributed by atoms with Gasteiger partial charge in [-0.3, -0.25) is 4.79 Å². The summed E-state index contributed by atoms with van der Waals surface area (Å²) in [6.07, 6.45) is 2.44. The van der Waals surface area contributed by atoms with Crippen LogP contribution in [0.3, 0.4) is 0 Å². The molecule has 1 aromatic heterocycles. The smallest absolute Gasteiger partial charge is 0.255 e. The topological polar surface area (TPSA) is 68.0 Å². The third-order valence-electron chi connectivity index (χ3n) is 3.78. The van der Waals surface area contributed by atoms with E-state index in [-0.39, 0.29) is 11.7 Å². The molecule has 3 rings (SSSR count). The SMILES string of the molecule is Nc1ncccc1C(=O)NCc1cccc(Cc2ccccc2)c1. The van der Waals surface area contributed by atoms with Crippen LogP contribution < -0.4 is 11.1 Å². The van der Waals surface area contributed by atoms with Gasteiger partial charge in [0.2, 0.25) is 0 Å². The van der Waals surface area contributed by atoms with Crippen LogP contribution in [0.1, 0.15) is 27.0 Å². The highest BCUT2D eigenvalue weighted by Crippen LogP contribution is 2.12. The zero-order valence-corrected chi connectivity index (χ0v) is 13.3. The van der Waals surface area contributed by atoms with Crippen molar-refractivity contribution in [2.24, 2.45) is 0 Å². The molecule has 4 heteroatoms. The van der Waals surface area contributed by atoms with Crippen LogP contribution in [-0.2, 0) is 13.0 Å². The zero-order chi connectivity index (χ0) is 16.8. The van der Waals surface area contributed by atoms with E-state index in [9.17, 15) is 4.79 Å². The van der Waals surface area contributed by atoms with Crippen molar-refractivity contribution in [3.05, 3.63) is 95.2 Å². The fourth-order valence-corrected chi connectivity index (χ4v) is 2.57. The van der Waals surface area contributed by atoms with E-state index in [4.69, 9.17) is 5.73 Å². The Morgan fingerprint density at radius 1 is 0.917 bits per heavy atom. The predicted molar refractivity (Wildman–Crippen MR) is 95.5 cm³/mol. The van der Waals surface area contributed by atoms with Gasteiger partial charge in [0.05, 0.1) is 5.56 Å². The van der Waals surface area contributed by atoms with Gasteiger partial charge in [-0.05, 0) is 35.2 Å². The van der Waals surface area contributed by atoms with Crippen molar-refractivity contribution in [2.75, 3.05) is 5.73 Å². The number of hydrogen-bond donors (Lipinski definition) is 2. The normalized spacial score (nSPS) is 10.3.